The Balaban J connectivity index is 1.75. The maximum absolute atomic E-state index is 12.4. The first kappa shape index (κ1) is 23.5. The van der Waals surface area contributed by atoms with Crippen LogP contribution in [0.1, 0.15) is 22.3 Å². The third-order valence-electron chi connectivity index (χ3n) is 5.38. The lowest BCUT2D eigenvalue weighted by molar-refractivity contribution is -0.123. The van der Waals surface area contributed by atoms with Crippen LogP contribution in [0.3, 0.4) is 0 Å². The molecule has 1 heterocycles. The van der Waals surface area contributed by atoms with Gasteiger partial charge in [0, 0.05) is 10.6 Å². The summed E-state index contributed by atoms with van der Waals surface area (Å²) in [5.41, 5.74) is 4.59. The van der Waals surface area contributed by atoms with Crippen LogP contribution in [0.25, 0.3) is 17.2 Å². The quantitative estimate of drug-likeness (QED) is 0.270. The molecule has 0 aliphatic carbocycles. The Bertz CT molecular complexity index is 1300. The summed E-state index contributed by atoms with van der Waals surface area (Å²) >= 11 is 10.8. The number of rotatable bonds is 5. The Hall–Kier alpha value is -3.68. The number of hydrogen-bond acceptors (Lipinski definition) is 5. The van der Waals surface area contributed by atoms with Crippen molar-refractivity contribution in [2.75, 3.05) is 0 Å². The minimum absolute atomic E-state index is 0.0323. The zero-order valence-corrected chi connectivity index (χ0v) is 20.0. The van der Waals surface area contributed by atoms with E-state index in [0.29, 0.717) is 16.3 Å². The van der Waals surface area contributed by atoms with Gasteiger partial charge in [-0.1, -0.05) is 29.8 Å². The fourth-order valence-corrected chi connectivity index (χ4v) is 3.91. The fraction of sp³-hybridized carbons (Fsp3) is 0.115. The van der Waals surface area contributed by atoms with Crippen molar-refractivity contribution in [1.29, 1.82) is 0 Å². The molecule has 0 aromatic heterocycles. The van der Waals surface area contributed by atoms with Crippen LogP contribution in [0.4, 0.5) is 0 Å². The van der Waals surface area contributed by atoms with E-state index in [-0.39, 0.29) is 23.0 Å². The number of halogens is 1. The summed E-state index contributed by atoms with van der Waals surface area (Å²) in [5, 5.41) is 15.6. The number of nitrogens with one attached hydrogen (secondary N) is 2. The van der Waals surface area contributed by atoms with E-state index in [4.69, 9.17) is 28.6 Å². The highest BCUT2D eigenvalue weighted by molar-refractivity contribution is 7.80. The highest BCUT2D eigenvalue weighted by Gasteiger charge is 2.26. The number of phenolic OH excluding ortho intramolecular Hbond substituents is 1. The van der Waals surface area contributed by atoms with Crippen molar-refractivity contribution >= 4 is 46.8 Å². The number of aromatic hydroxyl groups is 1. The van der Waals surface area contributed by atoms with Gasteiger partial charge in [-0.3, -0.25) is 20.2 Å². The number of thiocarbonyl (C=S) groups is 1. The lowest BCUT2D eigenvalue weighted by Crippen LogP contribution is -2.51. The van der Waals surface area contributed by atoms with E-state index in [0.717, 1.165) is 27.8 Å². The maximum Gasteiger partial charge on any atom is 0.263 e. The average Bonchev–Trinajstić information content (AvgIpc) is 2.79. The van der Waals surface area contributed by atoms with Crippen LogP contribution < -0.4 is 15.4 Å². The van der Waals surface area contributed by atoms with Crippen LogP contribution in [0, 0.1) is 13.8 Å². The normalized spacial score (nSPS) is 13.4. The molecule has 2 amide bonds. The summed E-state index contributed by atoms with van der Waals surface area (Å²) in [6.07, 6.45) is 1.48. The van der Waals surface area contributed by atoms with Gasteiger partial charge in [0.15, 0.2) is 5.11 Å². The molecule has 0 unspecified atom stereocenters. The Labute approximate surface area is 207 Å². The van der Waals surface area contributed by atoms with Gasteiger partial charge in [-0.25, -0.2) is 0 Å². The van der Waals surface area contributed by atoms with Crippen molar-refractivity contribution in [1.82, 2.24) is 10.6 Å². The molecule has 8 heteroatoms. The summed E-state index contributed by atoms with van der Waals surface area (Å²) < 4.78 is 6.04. The van der Waals surface area contributed by atoms with E-state index in [1.807, 2.05) is 50.2 Å². The number of ether oxygens (including phenoxy) is 1. The lowest BCUT2D eigenvalue weighted by Gasteiger charge is -2.17. The van der Waals surface area contributed by atoms with Crippen molar-refractivity contribution in [3.63, 3.8) is 0 Å². The van der Waals surface area contributed by atoms with Gasteiger partial charge >= 0.3 is 0 Å². The zero-order valence-electron chi connectivity index (χ0n) is 18.4. The van der Waals surface area contributed by atoms with Gasteiger partial charge < -0.3 is 9.84 Å². The summed E-state index contributed by atoms with van der Waals surface area (Å²) in [5.74, 6) is -0.425. The Morgan fingerprint density at radius 2 is 1.56 bits per heavy atom. The molecule has 0 atom stereocenters. The number of aryl methyl sites for hydroxylation is 2. The summed E-state index contributed by atoms with van der Waals surface area (Å²) in [6.45, 7) is 3.93. The van der Waals surface area contributed by atoms with E-state index in [9.17, 15) is 14.7 Å². The van der Waals surface area contributed by atoms with Crippen LogP contribution in [-0.2, 0) is 16.2 Å². The van der Waals surface area contributed by atoms with Crippen LogP contribution >= 0.6 is 23.8 Å². The molecular formula is C26H21ClN2O4S. The van der Waals surface area contributed by atoms with E-state index < -0.39 is 11.8 Å². The molecular weight excluding hydrogens is 472 g/mol. The largest absolute Gasteiger partial charge is 0.507 e. The molecule has 0 spiro atoms. The topological polar surface area (TPSA) is 87.7 Å². The molecule has 0 saturated carbocycles. The Kier molecular flexibility index (Phi) is 6.68. The molecule has 172 valence electrons. The number of amides is 2. The second kappa shape index (κ2) is 9.67. The van der Waals surface area contributed by atoms with Gasteiger partial charge in [-0.05, 0) is 96.4 Å². The van der Waals surface area contributed by atoms with Gasteiger partial charge in [0.05, 0.1) is 0 Å². The maximum atomic E-state index is 12.4. The predicted molar refractivity (Wildman–Crippen MR) is 136 cm³/mol. The molecule has 1 aliphatic rings. The third kappa shape index (κ3) is 5.11. The molecule has 6 nitrogen and oxygen atoms in total. The minimum atomic E-state index is -0.584. The summed E-state index contributed by atoms with van der Waals surface area (Å²) in [7, 11) is 0. The second-order valence-corrected chi connectivity index (χ2v) is 8.77. The first-order valence-corrected chi connectivity index (χ1v) is 11.2. The Morgan fingerprint density at radius 1 is 0.941 bits per heavy atom. The van der Waals surface area contributed by atoms with Crippen molar-refractivity contribution in [3.8, 4) is 22.6 Å². The molecule has 0 radical (unpaired) electrons. The minimum Gasteiger partial charge on any atom is -0.507 e. The van der Waals surface area contributed by atoms with Gasteiger partial charge in [-0.2, -0.15) is 0 Å². The first-order chi connectivity index (χ1) is 16.2. The molecule has 3 aromatic carbocycles. The van der Waals surface area contributed by atoms with Crippen LogP contribution in [-0.4, -0.2) is 22.0 Å². The molecule has 1 fully saturated rings. The van der Waals surface area contributed by atoms with Gasteiger partial charge in [0.25, 0.3) is 11.8 Å². The highest BCUT2D eigenvalue weighted by atomic mass is 35.5. The third-order valence-corrected chi connectivity index (χ3v) is 5.84. The van der Waals surface area contributed by atoms with Crippen LogP contribution in [0.15, 0.2) is 60.2 Å². The van der Waals surface area contributed by atoms with Crippen molar-refractivity contribution in [2.45, 2.75) is 20.5 Å². The van der Waals surface area contributed by atoms with Gasteiger partial charge in [0.2, 0.25) is 0 Å². The molecule has 4 rings (SSSR count). The highest BCUT2D eigenvalue weighted by Crippen LogP contribution is 2.33. The van der Waals surface area contributed by atoms with Gasteiger partial charge in [-0.15, -0.1) is 0 Å². The molecule has 3 N–H and O–H groups in total. The number of carbonyl (C=O) groups is 2. The van der Waals surface area contributed by atoms with Gasteiger partial charge in [0.1, 0.15) is 23.7 Å². The van der Waals surface area contributed by atoms with Crippen molar-refractivity contribution in [2.24, 2.45) is 0 Å². The van der Waals surface area contributed by atoms with Crippen LogP contribution in [0.2, 0.25) is 5.02 Å². The number of hydrogen-bond donors (Lipinski definition) is 3. The van der Waals surface area contributed by atoms with E-state index >= 15 is 0 Å². The molecule has 3 aromatic rings. The SMILES string of the molecule is Cc1cc(-c2ccc(OCc3ccc(Cl)cc3)c(C=C3C(=O)NC(=S)NC3=O)c2)cc(C)c1O. The average molecular weight is 493 g/mol. The van der Waals surface area contributed by atoms with E-state index in [2.05, 4.69) is 10.6 Å². The lowest BCUT2D eigenvalue weighted by atomic mass is 9.97. The molecule has 34 heavy (non-hydrogen) atoms. The standard InChI is InChI=1S/C26H21ClN2O4S/c1-14-9-18(10-15(2)23(14)30)17-5-8-22(33-13-16-3-6-20(27)7-4-16)19(11-17)12-21-24(31)28-26(34)29-25(21)32/h3-12,30H,13H2,1-2H3,(H2,28,29,31,32,34). The summed E-state index contributed by atoms with van der Waals surface area (Å²) in [4.78, 5) is 24.8. The molecule has 1 saturated heterocycles. The van der Waals surface area contributed by atoms with Crippen molar-refractivity contribution < 1.29 is 19.4 Å². The number of benzene rings is 3. The number of phenols is 1. The molecule has 1 aliphatic heterocycles. The monoisotopic (exact) mass is 492 g/mol. The fourth-order valence-electron chi connectivity index (χ4n) is 3.60. The smallest absolute Gasteiger partial charge is 0.263 e. The molecule has 0 bridgehead atoms. The van der Waals surface area contributed by atoms with E-state index in [1.165, 1.54) is 6.08 Å². The Morgan fingerprint density at radius 3 is 2.18 bits per heavy atom. The first-order valence-electron chi connectivity index (χ1n) is 10.4. The van der Waals surface area contributed by atoms with Crippen LogP contribution in [0.5, 0.6) is 11.5 Å². The van der Waals surface area contributed by atoms with Crippen molar-refractivity contribution in [3.05, 3.63) is 87.4 Å². The number of carbonyl (C=O) groups excluding carboxylic acids is 2. The summed E-state index contributed by atoms with van der Waals surface area (Å²) in [6, 6.07) is 16.5. The van der Waals surface area contributed by atoms with E-state index in [1.54, 1.807) is 18.2 Å². The zero-order chi connectivity index (χ0) is 24.4. The second-order valence-electron chi connectivity index (χ2n) is 7.92. The predicted octanol–water partition coefficient (Wildman–Crippen LogP) is 4.82.